The van der Waals surface area contributed by atoms with E-state index in [1.165, 1.54) is 0 Å². The summed E-state index contributed by atoms with van der Waals surface area (Å²) in [6, 6.07) is 6.09. The number of para-hydroxylation sites is 1. The molecule has 3 rings (SSSR count). The summed E-state index contributed by atoms with van der Waals surface area (Å²) in [5.74, 6) is 0.389. The molecule has 6 nitrogen and oxygen atoms in total. The van der Waals surface area contributed by atoms with Crippen molar-refractivity contribution in [2.75, 3.05) is 5.43 Å². The van der Waals surface area contributed by atoms with Crippen LogP contribution in [0, 0.1) is 12.3 Å². The van der Waals surface area contributed by atoms with Gasteiger partial charge < -0.3 is 4.98 Å². The number of rotatable bonds is 2. The van der Waals surface area contributed by atoms with E-state index >= 15 is 0 Å². The highest BCUT2D eigenvalue weighted by molar-refractivity contribution is 6.04. The van der Waals surface area contributed by atoms with Gasteiger partial charge in [0.05, 0.1) is 5.52 Å². The number of H-pyrrole nitrogens is 1. The Morgan fingerprint density at radius 2 is 2.00 bits per heavy atom. The van der Waals surface area contributed by atoms with Gasteiger partial charge in [-0.1, -0.05) is 39.0 Å². The minimum absolute atomic E-state index is 0.00273. The number of hydrogen-bond acceptors (Lipinski definition) is 5. The number of hydrazone groups is 1. The first-order valence-corrected chi connectivity index (χ1v) is 7.29. The molecular weight excluding hydrogens is 276 g/mol. The van der Waals surface area contributed by atoms with Gasteiger partial charge in [-0.05, 0) is 19.4 Å². The van der Waals surface area contributed by atoms with E-state index in [0.29, 0.717) is 11.6 Å². The zero-order valence-electron chi connectivity index (χ0n) is 13.5. The number of fused-ring (bicyclic) bond motifs is 3. The number of aromatic nitrogens is 4. The van der Waals surface area contributed by atoms with Crippen LogP contribution in [0.1, 0.15) is 33.3 Å². The Bertz CT molecular complexity index is 869. The second-order valence-electron chi connectivity index (χ2n) is 6.51. The van der Waals surface area contributed by atoms with Crippen LogP contribution in [0.3, 0.4) is 0 Å². The van der Waals surface area contributed by atoms with E-state index in [2.05, 4.69) is 64.5 Å². The van der Waals surface area contributed by atoms with Crippen LogP contribution in [0.25, 0.3) is 22.1 Å². The first kappa shape index (κ1) is 14.4. The summed E-state index contributed by atoms with van der Waals surface area (Å²) in [6.07, 6.45) is 0. The maximum absolute atomic E-state index is 4.46. The molecule has 2 aromatic heterocycles. The highest BCUT2D eigenvalue weighted by atomic mass is 15.4. The van der Waals surface area contributed by atoms with Crippen LogP contribution in [0.4, 0.5) is 5.95 Å². The zero-order chi connectivity index (χ0) is 15.9. The lowest BCUT2D eigenvalue weighted by atomic mass is 9.91. The van der Waals surface area contributed by atoms with Gasteiger partial charge in [0.2, 0.25) is 0 Å². The molecule has 114 valence electrons. The molecule has 0 bridgehead atoms. The molecule has 0 aliphatic rings. The van der Waals surface area contributed by atoms with Gasteiger partial charge in [0, 0.05) is 16.5 Å². The Morgan fingerprint density at radius 1 is 1.23 bits per heavy atom. The number of hydrogen-bond donors (Lipinski definition) is 2. The third-order valence-electron chi connectivity index (χ3n) is 3.87. The average Bonchev–Trinajstić information content (AvgIpc) is 2.83. The van der Waals surface area contributed by atoms with Gasteiger partial charge in [-0.15, -0.1) is 10.2 Å². The lowest BCUT2D eigenvalue weighted by molar-refractivity contribution is 0.586. The summed E-state index contributed by atoms with van der Waals surface area (Å²) in [7, 11) is 0. The van der Waals surface area contributed by atoms with Crippen molar-refractivity contribution in [1.82, 2.24) is 20.2 Å². The van der Waals surface area contributed by atoms with Crippen molar-refractivity contribution in [3.63, 3.8) is 0 Å². The predicted molar refractivity (Wildman–Crippen MR) is 90.1 cm³/mol. The summed E-state index contributed by atoms with van der Waals surface area (Å²) < 4.78 is 0. The van der Waals surface area contributed by atoms with E-state index in [-0.39, 0.29) is 5.41 Å². The number of nitrogens with zero attached hydrogens (tertiary/aromatic N) is 4. The Hall–Kier alpha value is -2.50. The molecule has 0 unspecified atom stereocenters. The molecule has 0 spiro atoms. The van der Waals surface area contributed by atoms with Gasteiger partial charge in [-0.2, -0.15) is 10.1 Å². The maximum atomic E-state index is 4.46. The fourth-order valence-electron chi connectivity index (χ4n) is 2.09. The van der Waals surface area contributed by atoms with Gasteiger partial charge in [-0.3, -0.25) is 0 Å². The minimum atomic E-state index is 0.00273. The zero-order valence-corrected chi connectivity index (χ0v) is 13.5. The van der Waals surface area contributed by atoms with Crippen molar-refractivity contribution in [2.24, 2.45) is 10.5 Å². The van der Waals surface area contributed by atoms with Crippen molar-refractivity contribution >= 4 is 33.7 Å². The fraction of sp³-hybridized carbons (Fsp3) is 0.375. The summed E-state index contributed by atoms with van der Waals surface area (Å²) in [5, 5.41) is 13.8. The Kier molecular flexibility index (Phi) is 3.31. The number of anilines is 1. The van der Waals surface area contributed by atoms with Gasteiger partial charge in [0.1, 0.15) is 5.52 Å². The average molecular weight is 296 g/mol. The number of aryl methyl sites for hydroxylation is 1. The largest absolute Gasteiger partial charge is 0.337 e. The highest BCUT2D eigenvalue weighted by Gasteiger charge is 2.15. The topological polar surface area (TPSA) is 78.8 Å². The Morgan fingerprint density at radius 3 is 2.73 bits per heavy atom. The first-order valence-electron chi connectivity index (χ1n) is 7.29. The molecule has 2 N–H and O–H groups in total. The summed E-state index contributed by atoms with van der Waals surface area (Å²) in [4.78, 5) is 7.76. The summed E-state index contributed by atoms with van der Waals surface area (Å²) in [5.41, 5.74) is 7.56. The summed E-state index contributed by atoms with van der Waals surface area (Å²) >= 11 is 0. The molecule has 3 aromatic rings. The molecule has 1 aromatic carbocycles. The minimum Gasteiger partial charge on any atom is -0.337 e. The molecule has 2 heterocycles. The van der Waals surface area contributed by atoms with Crippen molar-refractivity contribution in [3.8, 4) is 0 Å². The van der Waals surface area contributed by atoms with Crippen LogP contribution >= 0.6 is 0 Å². The Balaban J connectivity index is 2.00. The van der Waals surface area contributed by atoms with Crippen molar-refractivity contribution < 1.29 is 0 Å². The molecule has 0 saturated carbocycles. The number of aromatic amines is 1. The summed E-state index contributed by atoms with van der Waals surface area (Å²) in [6.45, 7) is 10.4. The lowest BCUT2D eigenvalue weighted by Gasteiger charge is -2.17. The van der Waals surface area contributed by atoms with Crippen LogP contribution in [-0.2, 0) is 0 Å². The lowest BCUT2D eigenvalue weighted by Crippen LogP contribution is -2.18. The van der Waals surface area contributed by atoms with E-state index in [1.807, 2.05) is 19.1 Å². The van der Waals surface area contributed by atoms with Crippen molar-refractivity contribution in [2.45, 2.75) is 34.6 Å². The van der Waals surface area contributed by atoms with Crippen LogP contribution in [0.15, 0.2) is 23.3 Å². The van der Waals surface area contributed by atoms with Gasteiger partial charge in [-0.25, -0.2) is 5.43 Å². The van der Waals surface area contributed by atoms with Crippen LogP contribution in [0.5, 0.6) is 0 Å². The van der Waals surface area contributed by atoms with E-state index in [0.717, 1.165) is 27.7 Å². The SMILES string of the molecule is CC(=NNc1nnc2c(n1)[nH]c1c(C)cccc12)C(C)(C)C. The number of benzene rings is 1. The fourth-order valence-corrected chi connectivity index (χ4v) is 2.09. The van der Waals surface area contributed by atoms with E-state index < -0.39 is 0 Å². The molecule has 0 fully saturated rings. The van der Waals surface area contributed by atoms with Crippen LogP contribution in [0.2, 0.25) is 0 Å². The van der Waals surface area contributed by atoms with Gasteiger partial charge >= 0.3 is 0 Å². The van der Waals surface area contributed by atoms with Gasteiger partial charge in [0.25, 0.3) is 5.95 Å². The molecule has 0 radical (unpaired) electrons. The van der Waals surface area contributed by atoms with Crippen molar-refractivity contribution in [1.29, 1.82) is 0 Å². The predicted octanol–water partition coefficient (Wildman–Crippen LogP) is 3.65. The van der Waals surface area contributed by atoms with E-state index in [1.54, 1.807) is 0 Å². The standard InChI is InChI=1S/C16H20N6/c1-9-7-6-8-11-12(9)17-14-13(11)20-22-15(18-14)21-19-10(2)16(3,4)5/h6-8H,1-5H3,(H2,17,18,21,22). The molecular formula is C16H20N6. The third-order valence-corrected chi connectivity index (χ3v) is 3.87. The van der Waals surface area contributed by atoms with Gasteiger partial charge in [0.15, 0.2) is 5.65 Å². The first-order chi connectivity index (χ1) is 10.4. The highest BCUT2D eigenvalue weighted by Crippen LogP contribution is 2.24. The Labute approximate surface area is 129 Å². The van der Waals surface area contributed by atoms with Crippen LogP contribution in [-0.4, -0.2) is 25.9 Å². The molecule has 6 heteroatoms. The molecule has 0 aliphatic heterocycles. The molecule has 22 heavy (non-hydrogen) atoms. The quantitative estimate of drug-likeness (QED) is 0.559. The second-order valence-corrected chi connectivity index (χ2v) is 6.51. The normalized spacial score (nSPS) is 13.0. The smallest absolute Gasteiger partial charge is 0.265 e. The second kappa shape index (κ2) is 5.05. The van der Waals surface area contributed by atoms with Crippen LogP contribution < -0.4 is 5.43 Å². The van der Waals surface area contributed by atoms with E-state index in [9.17, 15) is 0 Å². The molecule has 0 aliphatic carbocycles. The maximum Gasteiger partial charge on any atom is 0.265 e. The van der Waals surface area contributed by atoms with Crippen molar-refractivity contribution in [3.05, 3.63) is 23.8 Å². The third kappa shape index (κ3) is 2.52. The molecule has 0 atom stereocenters. The van der Waals surface area contributed by atoms with E-state index in [4.69, 9.17) is 0 Å². The number of nitrogens with one attached hydrogen (secondary N) is 2. The monoisotopic (exact) mass is 296 g/mol. The molecule has 0 saturated heterocycles. The molecule has 0 amide bonds.